The Morgan fingerprint density at radius 1 is 1.18 bits per heavy atom. The summed E-state index contributed by atoms with van der Waals surface area (Å²) in [5, 5.41) is 10.4. The van der Waals surface area contributed by atoms with Crippen LogP contribution in [-0.2, 0) is 4.79 Å². The minimum Gasteiger partial charge on any atom is -0.368 e. The molecule has 2 aliphatic heterocycles. The van der Waals surface area contributed by atoms with E-state index >= 15 is 0 Å². The summed E-state index contributed by atoms with van der Waals surface area (Å²) in [6, 6.07) is 12.2. The van der Waals surface area contributed by atoms with Gasteiger partial charge in [0.1, 0.15) is 0 Å². The first-order valence-electron chi connectivity index (χ1n) is 11.6. The molecule has 6 nitrogen and oxygen atoms in total. The van der Waals surface area contributed by atoms with E-state index in [9.17, 15) is 4.79 Å². The van der Waals surface area contributed by atoms with Gasteiger partial charge in [0, 0.05) is 46.8 Å². The van der Waals surface area contributed by atoms with E-state index in [0.717, 1.165) is 61.2 Å². The molecule has 3 heterocycles. The van der Waals surface area contributed by atoms with Gasteiger partial charge >= 0.3 is 0 Å². The highest BCUT2D eigenvalue weighted by Gasteiger charge is 2.33. The summed E-state index contributed by atoms with van der Waals surface area (Å²) >= 11 is 12.6. The van der Waals surface area contributed by atoms with Gasteiger partial charge in [-0.25, -0.2) is 0 Å². The molecule has 3 atom stereocenters. The first kappa shape index (κ1) is 22.5. The van der Waals surface area contributed by atoms with E-state index in [2.05, 4.69) is 47.4 Å². The SMILES string of the molecule is C[C@@H]1CN(c2ccc3cnn([C@H](C)c4ccc(Cl)cc4Cl)c3c2)CCN1C(=O)[C@H]1CCCN1. The molecule has 1 aromatic heterocycles. The van der Waals surface area contributed by atoms with Crippen LogP contribution in [0.15, 0.2) is 42.6 Å². The quantitative estimate of drug-likeness (QED) is 0.579. The van der Waals surface area contributed by atoms with Crippen molar-refractivity contribution in [2.75, 3.05) is 31.1 Å². The third kappa shape index (κ3) is 4.32. The summed E-state index contributed by atoms with van der Waals surface area (Å²) in [5.41, 5.74) is 3.20. The molecule has 0 bridgehead atoms. The van der Waals surface area contributed by atoms with Crippen LogP contribution in [0.4, 0.5) is 5.69 Å². The molecule has 2 saturated heterocycles. The Labute approximate surface area is 204 Å². The summed E-state index contributed by atoms with van der Waals surface area (Å²) < 4.78 is 2.02. The minimum absolute atomic E-state index is 0.00844. The highest BCUT2D eigenvalue weighted by Crippen LogP contribution is 2.32. The molecule has 5 rings (SSSR count). The van der Waals surface area contributed by atoms with Crippen LogP contribution in [0.2, 0.25) is 10.0 Å². The molecule has 0 radical (unpaired) electrons. The predicted molar refractivity (Wildman–Crippen MR) is 134 cm³/mol. The largest absolute Gasteiger partial charge is 0.368 e. The van der Waals surface area contributed by atoms with Gasteiger partial charge in [0.25, 0.3) is 0 Å². The second kappa shape index (κ2) is 9.16. The van der Waals surface area contributed by atoms with Gasteiger partial charge in [-0.05, 0) is 69.1 Å². The molecule has 2 fully saturated rings. The van der Waals surface area contributed by atoms with Crippen molar-refractivity contribution in [3.63, 3.8) is 0 Å². The average molecular weight is 486 g/mol. The van der Waals surface area contributed by atoms with Crippen LogP contribution in [0.25, 0.3) is 10.9 Å². The van der Waals surface area contributed by atoms with Gasteiger partial charge in [0.05, 0.1) is 23.8 Å². The van der Waals surface area contributed by atoms with E-state index in [-0.39, 0.29) is 24.0 Å². The second-order valence-electron chi connectivity index (χ2n) is 9.15. The molecule has 174 valence electrons. The van der Waals surface area contributed by atoms with Crippen molar-refractivity contribution < 1.29 is 4.79 Å². The van der Waals surface area contributed by atoms with Crippen molar-refractivity contribution in [3.05, 3.63) is 58.2 Å². The molecule has 0 saturated carbocycles. The van der Waals surface area contributed by atoms with Crippen molar-refractivity contribution >= 4 is 45.7 Å². The van der Waals surface area contributed by atoms with E-state index in [1.165, 1.54) is 0 Å². The zero-order valence-electron chi connectivity index (χ0n) is 19.0. The van der Waals surface area contributed by atoms with Crippen molar-refractivity contribution in [3.8, 4) is 0 Å². The fraction of sp³-hybridized carbons (Fsp3) is 0.440. The fourth-order valence-corrected chi connectivity index (χ4v) is 5.69. The number of rotatable bonds is 4. The zero-order chi connectivity index (χ0) is 23.1. The molecule has 1 N–H and O–H groups in total. The zero-order valence-corrected chi connectivity index (χ0v) is 20.5. The first-order chi connectivity index (χ1) is 15.9. The number of piperazine rings is 1. The summed E-state index contributed by atoms with van der Waals surface area (Å²) in [4.78, 5) is 17.3. The lowest BCUT2D eigenvalue weighted by Gasteiger charge is -2.42. The normalized spacial score (nSPS) is 22.2. The van der Waals surface area contributed by atoms with E-state index in [1.807, 2.05) is 27.9 Å². The molecule has 8 heteroatoms. The summed E-state index contributed by atoms with van der Waals surface area (Å²) in [6.07, 6.45) is 3.92. The Balaban J connectivity index is 1.37. The van der Waals surface area contributed by atoms with Crippen LogP contribution in [0.1, 0.15) is 38.3 Å². The molecule has 2 aliphatic rings. The molecule has 0 unspecified atom stereocenters. The van der Waals surface area contributed by atoms with Crippen LogP contribution < -0.4 is 10.2 Å². The highest BCUT2D eigenvalue weighted by molar-refractivity contribution is 6.35. The summed E-state index contributed by atoms with van der Waals surface area (Å²) in [6.45, 7) is 7.56. The number of nitrogens with one attached hydrogen (secondary N) is 1. The molecule has 2 aromatic carbocycles. The summed E-state index contributed by atoms with van der Waals surface area (Å²) in [7, 11) is 0. The predicted octanol–water partition coefficient (Wildman–Crippen LogP) is 4.74. The van der Waals surface area contributed by atoms with Gasteiger partial charge in [0.2, 0.25) is 5.91 Å². The first-order valence-corrected chi connectivity index (χ1v) is 12.4. The maximum absolute atomic E-state index is 12.9. The molecule has 0 spiro atoms. The number of carbonyl (C=O) groups is 1. The fourth-order valence-electron chi connectivity index (χ4n) is 5.12. The maximum Gasteiger partial charge on any atom is 0.240 e. The van der Waals surface area contributed by atoms with Crippen molar-refractivity contribution in [2.45, 2.75) is 44.8 Å². The molecular weight excluding hydrogens is 457 g/mol. The Bertz CT molecular complexity index is 1170. The molecule has 0 aliphatic carbocycles. The van der Waals surface area contributed by atoms with E-state index in [4.69, 9.17) is 23.2 Å². The van der Waals surface area contributed by atoms with E-state index in [0.29, 0.717) is 10.0 Å². The van der Waals surface area contributed by atoms with E-state index in [1.54, 1.807) is 6.07 Å². The topological polar surface area (TPSA) is 53.4 Å². The van der Waals surface area contributed by atoms with Gasteiger partial charge in [-0.15, -0.1) is 0 Å². The standard InChI is InChI=1S/C25H29Cl2N5O/c1-16-15-30(10-11-31(16)25(33)23-4-3-9-28-23)20-7-5-18-14-29-32(24(18)13-20)17(2)21-8-6-19(26)12-22(21)27/h5-8,12-14,16-17,23,28H,3-4,9-11,15H2,1-2H3/t16-,17-,23-/m1/s1. The number of hydrogen-bond acceptors (Lipinski definition) is 4. The number of amides is 1. The van der Waals surface area contributed by atoms with Crippen LogP contribution in [0, 0.1) is 0 Å². The summed E-state index contributed by atoms with van der Waals surface area (Å²) in [5.74, 6) is 0.252. The number of carbonyl (C=O) groups excluding carboxylic acids is 1. The van der Waals surface area contributed by atoms with Crippen LogP contribution >= 0.6 is 23.2 Å². The average Bonchev–Trinajstić information content (AvgIpc) is 3.48. The second-order valence-corrected chi connectivity index (χ2v) is 9.99. The highest BCUT2D eigenvalue weighted by atomic mass is 35.5. The maximum atomic E-state index is 12.9. The van der Waals surface area contributed by atoms with Crippen molar-refractivity contribution in [1.29, 1.82) is 0 Å². The lowest BCUT2D eigenvalue weighted by molar-refractivity contribution is -0.135. The third-order valence-electron chi connectivity index (χ3n) is 7.00. The van der Waals surface area contributed by atoms with Gasteiger partial charge in [0.15, 0.2) is 0 Å². The smallest absolute Gasteiger partial charge is 0.240 e. The number of fused-ring (bicyclic) bond motifs is 1. The number of nitrogens with zero attached hydrogens (tertiary/aromatic N) is 4. The monoisotopic (exact) mass is 485 g/mol. The van der Waals surface area contributed by atoms with Crippen LogP contribution in [0.3, 0.4) is 0 Å². The Kier molecular flexibility index (Phi) is 6.25. The molecule has 3 aromatic rings. The van der Waals surface area contributed by atoms with Crippen molar-refractivity contribution in [1.82, 2.24) is 20.0 Å². The number of benzene rings is 2. The lowest BCUT2D eigenvalue weighted by atomic mass is 10.1. The molecular formula is C25H29Cl2N5O. The van der Waals surface area contributed by atoms with Crippen LogP contribution in [0.5, 0.6) is 0 Å². The van der Waals surface area contributed by atoms with Gasteiger partial charge < -0.3 is 15.1 Å². The lowest BCUT2D eigenvalue weighted by Crippen LogP contribution is -2.57. The molecule has 33 heavy (non-hydrogen) atoms. The third-order valence-corrected chi connectivity index (χ3v) is 7.56. The van der Waals surface area contributed by atoms with E-state index < -0.39 is 0 Å². The van der Waals surface area contributed by atoms with Crippen LogP contribution in [-0.4, -0.2) is 58.9 Å². The van der Waals surface area contributed by atoms with Gasteiger partial charge in [-0.2, -0.15) is 5.10 Å². The van der Waals surface area contributed by atoms with Gasteiger partial charge in [-0.3, -0.25) is 9.48 Å². The Hall–Kier alpha value is -2.28. The minimum atomic E-state index is -0.0326. The van der Waals surface area contributed by atoms with Gasteiger partial charge in [-0.1, -0.05) is 29.3 Å². The number of aromatic nitrogens is 2. The Morgan fingerprint density at radius 2 is 2.03 bits per heavy atom. The van der Waals surface area contributed by atoms with Crippen molar-refractivity contribution in [2.24, 2.45) is 0 Å². The molecule has 1 amide bonds. The Morgan fingerprint density at radius 3 is 2.76 bits per heavy atom. The number of hydrogen-bond donors (Lipinski definition) is 1. The number of anilines is 1. The number of halogens is 2.